The monoisotopic (exact) mass is 340 g/mol. The predicted molar refractivity (Wildman–Crippen MR) is 89.4 cm³/mol. The van der Waals surface area contributed by atoms with E-state index in [1.54, 1.807) is 12.1 Å². The molecule has 4 rings (SSSR count). The van der Waals surface area contributed by atoms with Crippen molar-refractivity contribution in [2.75, 3.05) is 18.0 Å². The Morgan fingerprint density at radius 2 is 1.60 bits per heavy atom. The van der Waals surface area contributed by atoms with Crippen molar-refractivity contribution >= 4 is 17.5 Å². The SMILES string of the molecule is O=C1C(=O)N2CCN(c3ccccc3)C2NN1Cc1ccc(F)cc1. The Balaban J connectivity index is 1.57. The first-order chi connectivity index (χ1) is 12.1. The van der Waals surface area contributed by atoms with Crippen molar-refractivity contribution in [3.8, 4) is 0 Å². The summed E-state index contributed by atoms with van der Waals surface area (Å²) in [5.74, 6) is -1.46. The fourth-order valence-corrected chi connectivity index (χ4v) is 3.20. The van der Waals surface area contributed by atoms with Gasteiger partial charge in [-0.15, -0.1) is 0 Å². The van der Waals surface area contributed by atoms with E-state index in [2.05, 4.69) is 5.43 Å². The van der Waals surface area contributed by atoms with Crippen LogP contribution in [0.3, 0.4) is 0 Å². The number of halogens is 1. The Bertz CT molecular complexity index is 796. The highest BCUT2D eigenvalue weighted by Crippen LogP contribution is 2.25. The number of nitrogens with one attached hydrogen (secondary N) is 1. The molecule has 2 aliphatic rings. The van der Waals surface area contributed by atoms with Crippen LogP contribution in [0.15, 0.2) is 54.6 Å². The van der Waals surface area contributed by atoms with Gasteiger partial charge in [-0.1, -0.05) is 30.3 Å². The molecule has 2 aromatic rings. The van der Waals surface area contributed by atoms with Crippen molar-refractivity contribution in [3.05, 3.63) is 66.0 Å². The number of hydrogen-bond acceptors (Lipinski definition) is 4. The molecule has 2 aliphatic heterocycles. The van der Waals surface area contributed by atoms with Gasteiger partial charge < -0.3 is 4.90 Å². The highest BCUT2D eigenvalue weighted by Gasteiger charge is 2.45. The van der Waals surface area contributed by atoms with Gasteiger partial charge in [0.15, 0.2) is 6.29 Å². The third-order valence-electron chi connectivity index (χ3n) is 4.47. The van der Waals surface area contributed by atoms with Crippen LogP contribution in [0.1, 0.15) is 5.56 Å². The molecule has 0 aromatic heterocycles. The molecule has 0 spiro atoms. The normalized spacial score (nSPS) is 20.2. The van der Waals surface area contributed by atoms with Crippen LogP contribution in [0.5, 0.6) is 0 Å². The Morgan fingerprint density at radius 3 is 2.32 bits per heavy atom. The molecule has 1 N–H and O–H groups in total. The summed E-state index contributed by atoms with van der Waals surface area (Å²) < 4.78 is 13.1. The number of rotatable bonds is 3. The largest absolute Gasteiger partial charge is 0.336 e. The smallest absolute Gasteiger partial charge is 0.326 e. The zero-order valence-corrected chi connectivity index (χ0v) is 13.4. The Hall–Kier alpha value is -2.93. The fraction of sp³-hybridized carbons (Fsp3) is 0.222. The van der Waals surface area contributed by atoms with Crippen molar-refractivity contribution in [2.24, 2.45) is 0 Å². The van der Waals surface area contributed by atoms with Crippen LogP contribution < -0.4 is 10.3 Å². The van der Waals surface area contributed by atoms with E-state index in [0.717, 1.165) is 11.3 Å². The van der Waals surface area contributed by atoms with E-state index < -0.39 is 18.1 Å². The molecule has 0 aliphatic carbocycles. The average Bonchev–Trinajstić information content (AvgIpc) is 3.06. The summed E-state index contributed by atoms with van der Waals surface area (Å²) in [5, 5.41) is 1.30. The van der Waals surface area contributed by atoms with Crippen molar-refractivity contribution in [3.63, 3.8) is 0 Å². The highest BCUT2D eigenvalue weighted by atomic mass is 19.1. The number of carbonyl (C=O) groups excluding carboxylic acids is 2. The number of anilines is 1. The number of carbonyl (C=O) groups is 2. The van der Waals surface area contributed by atoms with Gasteiger partial charge in [0.05, 0.1) is 6.54 Å². The topological polar surface area (TPSA) is 55.9 Å². The first kappa shape index (κ1) is 15.6. The summed E-state index contributed by atoms with van der Waals surface area (Å²) in [6.45, 7) is 1.32. The molecule has 1 unspecified atom stereocenters. The van der Waals surface area contributed by atoms with Crippen LogP contribution in [0.4, 0.5) is 10.1 Å². The molecule has 6 nitrogen and oxygen atoms in total. The van der Waals surface area contributed by atoms with E-state index in [-0.39, 0.29) is 12.4 Å². The molecular formula is C18H17FN4O2. The van der Waals surface area contributed by atoms with Crippen LogP contribution in [-0.4, -0.2) is 41.1 Å². The Kier molecular flexibility index (Phi) is 3.85. The molecule has 2 fully saturated rings. The van der Waals surface area contributed by atoms with Gasteiger partial charge in [-0.25, -0.2) is 4.39 Å². The molecule has 0 radical (unpaired) electrons. The molecule has 2 amide bonds. The lowest BCUT2D eigenvalue weighted by Crippen LogP contribution is -2.67. The van der Waals surface area contributed by atoms with Crippen LogP contribution in [0.25, 0.3) is 0 Å². The van der Waals surface area contributed by atoms with E-state index in [1.165, 1.54) is 22.0 Å². The van der Waals surface area contributed by atoms with Gasteiger partial charge in [-0.2, -0.15) is 5.43 Å². The van der Waals surface area contributed by atoms with Gasteiger partial charge in [0.25, 0.3) is 0 Å². The summed E-state index contributed by atoms with van der Waals surface area (Å²) >= 11 is 0. The van der Waals surface area contributed by atoms with Crippen molar-refractivity contribution in [1.82, 2.24) is 15.3 Å². The number of amides is 2. The molecule has 2 saturated heterocycles. The van der Waals surface area contributed by atoms with Crippen molar-refractivity contribution < 1.29 is 14.0 Å². The minimum absolute atomic E-state index is 0.192. The minimum Gasteiger partial charge on any atom is -0.336 e. The third-order valence-corrected chi connectivity index (χ3v) is 4.47. The quantitative estimate of drug-likeness (QED) is 0.856. The zero-order chi connectivity index (χ0) is 17.4. The fourth-order valence-electron chi connectivity index (χ4n) is 3.20. The molecule has 25 heavy (non-hydrogen) atoms. The Morgan fingerprint density at radius 1 is 0.920 bits per heavy atom. The molecular weight excluding hydrogens is 323 g/mol. The van der Waals surface area contributed by atoms with Gasteiger partial charge in [-0.05, 0) is 29.8 Å². The molecule has 128 valence electrons. The van der Waals surface area contributed by atoms with Crippen LogP contribution in [0.2, 0.25) is 0 Å². The summed E-state index contributed by atoms with van der Waals surface area (Å²) in [6, 6.07) is 15.6. The van der Waals surface area contributed by atoms with E-state index in [1.807, 2.05) is 35.2 Å². The highest BCUT2D eigenvalue weighted by molar-refractivity contribution is 6.35. The van der Waals surface area contributed by atoms with Gasteiger partial charge in [-0.3, -0.25) is 19.5 Å². The predicted octanol–water partition coefficient (Wildman–Crippen LogP) is 1.30. The second-order valence-electron chi connectivity index (χ2n) is 6.05. The minimum atomic E-state index is -0.601. The van der Waals surface area contributed by atoms with Crippen LogP contribution in [-0.2, 0) is 16.1 Å². The van der Waals surface area contributed by atoms with Crippen LogP contribution in [0, 0.1) is 5.82 Å². The summed E-state index contributed by atoms with van der Waals surface area (Å²) in [4.78, 5) is 28.4. The summed E-state index contributed by atoms with van der Waals surface area (Å²) in [6.07, 6.45) is -0.409. The van der Waals surface area contributed by atoms with Crippen molar-refractivity contribution in [1.29, 1.82) is 0 Å². The molecule has 0 bridgehead atoms. The first-order valence-electron chi connectivity index (χ1n) is 8.08. The number of para-hydroxylation sites is 1. The molecule has 1 atom stereocenters. The molecule has 7 heteroatoms. The molecule has 2 aromatic carbocycles. The van der Waals surface area contributed by atoms with Gasteiger partial charge in [0, 0.05) is 18.8 Å². The van der Waals surface area contributed by atoms with Gasteiger partial charge in [0.2, 0.25) is 0 Å². The van der Waals surface area contributed by atoms with Crippen LogP contribution >= 0.6 is 0 Å². The number of hydrazine groups is 1. The second kappa shape index (κ2) is 6.18. The molecule has 2 heterocycles. The lowest BCUT2D eigenvalue weighted by Gasteiger charge is -2.40. The standard InChI is InChI=1S/C18H17FN4O2/c19-14-8-6-13(7-9-14)12-23-17(25)16(24)22-11-10-21(18(22)20-23)15-4-2-1-3-5-15/h1-9,18,20H,10-12H2. The van der Waals surface area contributed by atoms with E-state index in [9.17, 15) is 14.0 Å². The van der Waals surface area contributed by atoms with E-state index >= 15 is 0 Å². The summed E-state index contributed by atoms with van der Waals surface area (Å²) in [5.41, 5.74) is 4.85. The molecule has 0 saturated carbocycles. The number of hydrogen-bond donors (Lipinski definition) is 1. The lowest BCUT2D eigenvalue weighted by atomic mass is 10.2. The summed E-state index contributed by atoms with van der Waals surface area (Å²) in [7, 11) is 0. The lowest BCUT2D eigenvalue weighted by molar-refractivity contribution is -0.163. The van der Waals surface area contributed by atoms with E-state index in [0.29, 0.717) is 13.1 Å². The Labute approximate surface area is 144 Å². The number of benzene rings is 2. The number of fused-ring (bicyclic) bond motifs is 1. The zero-order valence-electron chi connectivity index (χ0n) is 13.4. The third kappa shape index (κ3) is 2.83. The maximum atomic E-state index is 13.1. The van der Waals surface area contributed by atoms with Gasteiger partial charge >= 0.3 is 11.8 Å². The van der Waals surface area contributed by atoms with Gasteiger partial charge in [0.1, 0.15) is 5.82 Å². The second-order valence-corrected chi connectivity index (χ2v) is 6.05. The first-order valence-corrected chi connectivity index (χ1v) is 8.08. The maximum Gasteiger partial charge on any atom is 0.326 e. The number of nitrogens with zero attached hydrogens (tertiary/aromatic N) is 3. The van der Waals surface area contributed by atoms with Crippen molar-refractivity contribution in [2.45, 2.75) is 12.8 Å². The van der Waals surface area contributed by atoms with E-state index in [4.69, 9.17) is 0 Å². The maximum absolute atomic E-state index is 13.1. The average molecular weight is 340 g/mol.